The fourth-order valence-corrected chi connectivity index (χ4v) is 2.77. The maximum absolute atomic E-state index is 12.6. The van der Waals surface area contributed by atoms with Gasteiger partial charge in [0.05, 0.1) is 11.5 Å². The van der Waals surface area contributed by atoms with Gasteiger partial charge >= 0.3 is 0 Å². The van der Waals surface area contributed by atoms with Gasteiger partial charge in [0, 0.05) is 36.4 Å². The standard InChI is InChI=1S/C14H20ClNO4S/c1-4-11-6-7-12(21(15,18)19)10-13(11)14(17)16(5-2)8-9-20-3/h6-7,10H,4-5,8-9H2,1-3H3. The van der Waals surface area contributed by atoms with Crippen LogP contribution in [0.1, 0.15) is 29.8 Å². The van der Waals surface area contributed by atoms with E-state index < -0.39 is 9.05 Å². The fraction of sp³-hybridized carbons (Fsp3) is 0.500. The van der Waals surface area contributed by atoms with E-state index in [0.717, 1.165) is 5.56 Å². The fourth-order valence-electron chi connectivity index (χ4n) is 1.99. The zero-order chi connectivity index (χ0) is 16.0. The predicted octanol–water partition coefficient (Wildman–Crippen LogP) is 2.29. The van der Waals surface area contributed by atoms with Gasteiger partial charge in [-0.2, -0.15) is 0 Å². The number of amides is 1. The zero-order valence-corrected chi connectivity index (χ0v) is 14.0. The van der Waals surface area contributed by atoms with Crippen molar-refractivity contribution in [3.8, 4) is 0 Å². The summed E-state index contributed by atoms with van der Waals surface area (Å²) in [6.45, 7) is 5.16. The Morgan fingerprint density at radius 2 is 2.00 bits per heavy atom. The van der Waals surface area contributed by atoms with Crippen LogP contribution < -0.4 is 0 Å². The molecule has 0 fully saturated rings. The number of halogens is 1. The third kappa shape index (κ3) is 4.69. The van der Waals surface area contributed by atoms with Crippen molar-refractivity contribution in [3.05, 3.63) is 29.3 Å². The first kappa shape index (κ1) is 17.9. The Kier molecular flexibility index (Phi) is 6.64. The molecule has 5 nitrogen and oxygen atoms in total. The number of rotatable bonds is 7. The minimum absolute atomic E-state index is 0.0625. The highest BCUT2D eigenvalue weighted by atomic mass is 35.7. The van der Waals surface area contributed by atoms with Gasteiger partial charge in [0.15, 0.2) is 0 Å². The van der Waals surface area contributed by atoms with Crippen LogP contribution in [0.4, 0.5) is 0 Å². The number of benzene rings is 1. The average Bonchev–Trinajstić information content (AvgIpc) is 2.46. The maximum Gasteiger partial charge on any atom is 0.261 e. The van der Waals surface area contributed by atoms with Crippen LogP contribution in [0.15, 0.2) is 23.1 Å². The number of nitrogens with zero attached hydrogens (tertiary/aromatic N) is 1. The lowest BCUT2D eigenvalue weighted by Crippen LogP contribution is -2.34. The van der Waals surface area contributed by atoms with Crippen molar-refractivity contribution in [2.24, 2.45) is 0 Å². The van der Waals surface area contributed by atoms with E-state index in [4.69, 9.17) is 15.4 Å². The van der Waals surface area contributed by atoms with Gasteiger partial charge in [-0.25, -0.2) is 8.42 Å². The minimum Gasteiger partial charge on any atom is -0.383 e. The molecule has 0 N–H and O–H groups in total. The van der Waals surface area contributed by atoms with Gasteiger partial charge in [0.25, 0.3) is 15.0 Å². The number of ether oxygens (including phenoxy) is 1. The summed E-state index contributed by atoms with van der Waals surface area (Å²) >= 11 is 0. The van der Waals surface area contributed by atoms with Gasteiger partial charge in [-0.05, 0) is 31.0 Å². The van der Waals surface area contributed by atoms with Crippen LogP contribution >= 0.6 is 10.7 Å². The summed E-state index contributed by atoms with van der Waals surface area (Å²) in [6.07, 6.45) is 0.630. The Morgan fingerprint density at radius 3 is 2.48 bits per heavy atom. The van der Waals surface area contributed by atoms with Crippen LogP contribution in [-0.4, -0.2) is 46.0 Å². The number of likely N-dealkylation sites (N-methyl/N-ethyl adjacent to an activating group) is 1. The average molecular weight is 334 g/mol. The van der Waals surface area contributed by atoms with Gasteiger partial charge in [-0.15, -0.1) is 0 Å². The number of aryl methyl sites for hydroxylation is 1. The summed E-state index contributed by atoms with van der Waals surface area (Å²) in [7, 11) is 3.06. The molecule has 118 valence electrons. The number of carbonyl (C=O) groups is 1. The molecule has 1 amide bonds. The highest BCUT2D eigenvalue weighted by Gasteiger charge is 2.20. The van der Waals surface area contributed by atoms with E-state index in [2.05, 4.69) is 0 Å². The maximum atomic E-state index is 12.6. The van der Waals surface area contributed by atoms with E-state index in [1.54, 1.807) is 18.1 Å². The summed E-state index contributed by atoms with van der Waals surface area (Å²) in [5, 5.41) is 0. The highest BCUT2D eigenvalue weighted by Crippen LogP contribution is 2.21. The van der Waals surface area contributed by atoms with Gasteiger partial charge in [0.1, 0.15) is 0 Å². The van der Waals surface area contributed by atoms with Crippen LogP contribution in [0.25, 0.3) is 0 Å². The summed E-state index contributed by atoms with van der Waals surface area (Å²) in [5.74, 6) is -0.214. The molecule has 0 aliphatic heterocycles. The second-order valence-electron chi connectivity index (χ2n) is 4.49. The highest BCUT2D eigenvalue weighted by molar-refractivity contribution is 8.13. The van der Waals surface area contributed by atoms with Crippen LogP contribution in [0.5, 0.6) is 0 Å². The van der Waals surface area contributed by atoms with Gasteiger partial charge < -0.3 is 9.64 Å². The molecule has 0 aliphatic carbocycles. The molecule has 0 saturated heterocycles. The van der Waals surface area contributed by atoms with E-state index in [9.17, 15) is 13.2 Å². The van der Waals surface area contributed by atoms with Crippen molar-refractivity contribution < 1.29 is 17.9 Å². The van der Waals surface area contributed by atoms with E-state index in [1.165, 1.54) is 12.1 Å². The second kappa shape index (κ2) is 7.77. The molecule has 0 saturated carbocycles. The molecule has 0 atom stereocenters. The molecule has 0 radical (unpaired) electrons. The molecule has 1 rings (SSSR count). The Bertz CT molecular complexity index is 601. The monoisotopic (exact) mass is 333 g/mol. The lowest BCUT2D eigenvalue weighted by Gasteiger charge is -2.22. The number of hydrogen-bond donors (Lipinski definition) is 0. The topological polar surface area (TPSA) is 63.7 Å². The molecule has 7 heteroatoms. The normalized spacial score (nSPS) is 11.4. The first-order valence-electron chi connectivity index (χ1n) is 6.70. The van der Waals surface area contributed by atoms with Crippen molar-refractivity contribution in [2.75, 3.05) is 26.8 Å². The Balaban J connectivity index is 3.22. The molecule has 0 bridgehead atoms. The molecular formula is C14H20ClNO4S. The van der Waals surface area contributed by atoms with E-state index in [1.807, 2.05) is 13.8 Å². The van der Waals surface area contributed by atoms with Crippen molar-refractivity contribution in [1.82, 2.24) is 4.90 Å². The lowest BCUT2D eigenvalue weighted by atomic mass is 10.0. The van der Waals surface area contributed by atoms with Crippen LogP contribution in [-0.2, 0) is 20.2 Å². The largest absolute Gasteiger partial charge is 0.383 e. The summed E-state index contributed by atoms with van der Waals surface area (Å²) < 4.78 is 27.9. The van der Waals surface area contributed by atoms with Gasteiger partial charge in [-0.1, -0.05) is 13.0 Å². The van der Waals surface area contributed by atoms with Gasteiger partial charge in [-0.3, -0.25) is 4.79 Å². The molecule has 1 aromatic rings. The molecule has 21 heavy (non-hydrogen) atoms. The van der Waals surface area contributed by atoms with E-state index in [-0.39, 0.29) is 10.8 Å². The van der Waals surface area contributed by atoms with Crippen LogP contribution in [0.3, 0.4) is 0 Å². The van der Waals surface area contributed by atoms with E-state index in [0.29, 0.717) is 31.7 Å². The van der Waals surface area contributed by atoms with Crippen LogP contribution in [0.2, 0.25) is 0 Å². The summed E-state index contributed by atoms with van der Waals surface area (Å²) in [5.41, 5.74) is 1.16. The molecule has 1 aromatic carbocycles. The number of methoxy groups -OCH3 is 1. The lowest BCUT2D eigenvalue weighted by molar-refractivity contribution is 0.0705. The van der Waals surface area contributed by atoms with E-state index >= 15 is 0 Å². The smallest absolute Gasteiger partial charge is 0.261 e. The van der Waals surface area contributed by atoms with Crippen molar-refractivity contribution in [2.45, 2.75) is 25.2 Å². The first-order valence-corrected chi connectivity index (χ1v) is 9.01. The molecule has 0 aromatic heterocycles. The Hall–Kier alpha value is -1.11. The van der Waals surface area contributed by atoms with Crippen molar-refractivity contribution >= 4 is 25.6 Å². The molecular weight excluding hydrogens is 314 g/mol. The zero-order valence-electron chi connectivity index (χ0n) is 12.4. The molecule has 0 aliphatic rings. The third-order valence-corrected chi connectivity index (χ3v) is 4.56. The second-order valence-corrected chi connectivity index (χ2v) is 7.05. The van der Waals surface area contributed by atoms with Crippen molar-refractivity contribution in [1.29, 1.82) is 0 Å². The van der Waals surface area contributed by atoms with Crippen LogP contribution in [0, 0.1) is 0 Å². The Morgan fingerprint density at radius 1 is 1.33 bits per heavy atom. The predicted molar refractivity (Wildman–Crippen MR) is 82.3 cm³/mol. The minimum atomic E-state index is -3.86. The third-order valence-electron chi connectivity index (χ3n) is 3.21. The molecule has 0 unspecified atom stereocenters. The summed E-state index contributed by atoms with van der Waals surface area (Å²) in [6, 6.07) is 4.40. The summed E-state index contributed by atoms with van der Waals surface area (Å²) in [4.78, 5) is 14.1. The quantitative estimate of drug-likeness (QED) is 0.718. The van der Waals surface area contributed by atoms with Crippen molar-refractivity contribution in [3.63, 3.8) is 0 Å². The molecule has 0 spiro atoms. The molecule has 0 heterocycles. The SMILES string of the molecule is CCc1ccc(S(=O)(=O)Cl)cc1C(=O)N(CC)CCOC. The number of carbonyl (C=O) groups excluding carboxylic acids is 1. The Labute approximate surface area is 130 Å². The number of hydrogen-bond acceptors (Lipinski definition) is 4. The first-order chi connectivity index (χ1) is 9.85. The van der Waals surface area contributed by atoms with Gasteiger partial charge in [0.2, 0.25) is 0 Å².